The lowest BCUT2D eigenvalue weighted by atomic mass is 9.99. The van der Waals surface area contributed by atoms with Crippen molar-refractivity contribution in [1.29, 1.82) is 0 Å². The van der Waals surface area contributed by atoms with Gasteiger partial charge in [-0.15, -0.1) is 11.6 Å². The minimum absolute atomic E-state index is 0.0885. The highest BCUT2D eigenvalue weighted by Gasteiger charge is 2.15. The van der Waals surface area contributed by atoms with E-state index in [0.29, 0.717) is 10.0 Å². The zero-order valence-electron chi connectivity index (χ0n) is 11.4. The molecule has 0 aromatic heterocycles. The number of hydrogen-bond donors (Lipinski definition) is 0. The summed E-state index contributed by atoms with van der Waals surface area (Å²) >= 11 is 18.5. The van der Waals surface area contributed by atoms with Crippen LogP contribution in [-0.4, -0.2) is 6.61 Å². The van der Waals surface area contributed by atoms with Gasteiger partial charge in [0.05, 0.1) is 22.0 Å². The van der Waals surface area contributed by atoms with E-state index in [0.717, 1.165) is 42.7 Å². The Bertz CT molecular complexity index is 654. The van der Waals surface area contributed by atoms with Crippen LogP contribution in [0.2, 0.25) is 10.0 Å². The number of rotatable bonds is 3. The Morgan fingerprint density at radius 2 is 1.90 bits per heavy atom. The number of benzene rings is 2. The Morgan fingerprint density at radius 3 is 2.71 bits per heavy atom. The van der Waals surface area contributed by atoms with E-state index in [-0.39, 0.29) is 5.38 Å². The molecule has 1 aliphatic heterocycles. The number of alkyl halides is 1. The van der Waals surface area contributed by atoms with Gasteiger partial charge in [-0.05, 0) is 54.2 Å². The monoisotopic (exact) mass is 340 g/mol. The van der Waals surface area contributed by atoms with Gasteiger partial charge in [-0.3, -0.25) is 0 Å². The van der Waals surface area contributed by atoms with Crippen molar-refractivity contribution in [3.63, 3.8) is 0 Å². The fourth-order valence-electron chi connectivity index (χ4n) is 2.57. The first kappa shape index (κ1) is 15.0. The molecule has 21 heavy (non-hydrogen) atoms. The Morgan fingerprint density at radius 1 is 1.05 bits per heavy atom. The molecular formula is C17H15Cl3O. The lowest BCUT2D eigenvalue weighted by molar-refractivity contribution is 0.288. The molecule has 0 aliphatic carbocycles. The van der Waals surface area contributed by atoms with Crippen molar-refractivity contribution in [2.45, 2.75) is 24.6 Å². The molecule has 0 fully saturated rings. The summed E-state index contributed by atoms with van der Waals surface area (Å²) in [5, 5.41) is 1.05. The van der Waals surface area contributed by atoms with Gasteiger partial charge in [0.15, 0.2) is 0 Å². The molecule has 1 heterocycles. The fraction of sp³-hybridized carbons (Fsp3) is 0.294. The number of hydrogen-bond acceptors (Lipinski definition) is 1. The number of halogens is 3. The van der Waals surface area contributed by atoms with Crippen molar-refractivity contribution in [1.82, 2.24) is 0 Å². The van der Waals surface area contributed by atoms with Gasteiger partial charge in [0.25, 0.3) is 0 Å². The van der Waals surface area contributed by atoms with Crippen molar-refractivity contribution in [2.75, 3.05) is 6.61 Å². The van der Waals surface area contributed by atoms with E-state index in [9.17, 15) is 0 Å². The summed E-state index contributed by atoms with van der Waals surface area (Å²) in [6.07, 6.45) is 2.84. The van der Waals surface area contributed by atoms with Crippen LogP contribution in [0.25, 0.3) is 0 Å². The molecule has 110 valence electrons. The zero-order valence-corrected chi connectivity index (χ0v) is 13.7. The molecule has 0 spiro atoms. The minimum Gasteiger partial charge on any atom is -0.493 e. The highest BCUT2D eigenvalue weighted by Crippen LogP contribution is 2.32. The Balaban J connectivity index is 1.78. The van der Waals surface area contributed by atoms with E-state index < -0.39 is 0 Å². The predicted molar refractivity (Wildman–Crippen MR) is 89.0 cm³/mol. The van der Waals surface area contributed by atoms with Crippen LogP contribution in [0, 0.1) is 0 Å². The van der Waals surface area contributed by atoms with Gasteiger partial charge in [-0.1, -0.05) is 41.4 Å². The maximum atomic E-state index is 6.56. The van der Waals surface area contributed by atoms with Gasteiger partial charge < -0.3 is 4.74 Å². The smallest absolute Gasteiger partial charge is 0.122 e. The van der Waals surface area contributed by atoms with Crippen LogP contribution in [-0.2, 0) is 12.8 Å². The van der Waals surface area contributed by atoms with E-state index in [1.807, 2.05) is 30.3 Å². The molecule has 0 amide bonds. The van der Waals surface area contributed by atoms with Gasteiger partial charge in [-0.2, -0.15) is 0 Å². The molecule has 3 rings (SSSR count). The summed E-state index contributed by atoms with van der Waals surface area (Å²) in [5.41, 5.74) is 3.45. The lowest BCUT2D eigenvalue weighted by Gasteiger charge is -2.19. The van der Waals surface area contributed by atoms with Crippen LogP contribution in [0.5, 0.6) is 5.75 Å². The average molecular weight is 342 g/mol. The second kappa shape index (κ2) is 6.48. The highest BCUT2D eigenvalue weighted by molar-refractivity contribution is 6.42. The second-order valence-electron chi connectivity index (χ2n) is 5.24. The van der Waals surface area contributed by atoms with Gasteiger partial charge >= 0.3 is 0 Å². The van der Waals surface area contributed by atoms with Crippen LogP contribution >= 0.6 is 34.8 Å². The fourth-order valence-corrected chi connectivity index (χ4v) is 3.20. The van der Waals surface area contributed by atoms with Crippen LogP contribution < -0.4 is 4.74 Å². The third-order valence-corrected chi connectivity index (χ3v) is 4.84. The number of aryl methyl sites for hydroxylation is 1. The van der Waals surface area contributed by atoms with Crippen molar-refractivity contribution in [3.05, 3.63) is 63.1 Å². The largest absolute Gasteiger partial charge is 0.493 e. The lowest BCUT2D eigenvalue weighted by Crippen LogP contribution is -2.09. The maximum absolute atomic E-state index is 6.56. The molecule has 0 radical (unpaired) electrons. The van der Waals surface area contributed by atoms with Crippen molar-refractivity contribution in [3.8, 4) is 5.75 Å². The molecule has 4 heteroatoms. The summed E-state index contributed by atoms with van der Waals surface area (Å²) in [4.78, 5) is 0. The van der Waals surface area contributed by atoms with Crippen molar-refractivity contribution >= 4 is 34.8 Å². The summed E-state index contributed by atoms with van der Waals surface area (Å²) in [5.74, 6) is 0.989. The molecule has 1 aliphatic rings. The van der Waals surface area contributed by atoms with E-state index in [1.54, 1.807) is 0 Å². The minimum atomic E-state index is -0.0885. The van der Waals surface area contributed by atoms with Gasteiger partial charge in [0, 0.05) is 0 Å². The Kier molecular flexibility index (Phi) is 4.63. The first-order valence-electron chi connectivity index (χ1n) is 6.97. The Hall–Kier alpha value is -0.890. The summed E-state index contributed by atoms with van der Waals surface area (Å²) in [6.45, 7) is 0.805. The van der Waals surface area contributed by atoms with Gasteiger partial charge in [0.1, 0.15) is 5.75 Å². The molecular weight excluding hydrogens is 327 g/mol. The summed E-state index contributed by atoms with van der Waals surface area (Å²) in [7, 11) is 0. The van der Waals surface area contributed by atoms with E-state index in [1.165, 1.54) is 5.56 Å². The average Bonchev–Trinajstić information content (AvgIpc) is 2.50. The van der Waals surface area contributed by atoms with Crippen molar-refractivity contribution < 1.29 is 4.74 Å². The normalized spacial score (nSPS) is 15.2. The molecule has 2 aromatic rings. The molecule has 0 bridgehead atoms. The van der Waals surface area contributed by atoms with Crippen molar-refractivity contribution in [2.24, 2.45) is 0 Å². The summed E-state index contributed by atoms with van der Waals surface area (Å²) in [6, 6.07) is 11.9. The summed E-state index contributed by atoms with van der Waals surface area (Å²) < 4.78 is 5.63. The second-order valence-corrected chi connectivity index (χ2v) is 6.58. The van der Waals surface area contributed by atoms with E-state index >= 15 is 0 Å². The molecule has 1 nitrogen and oxygen atoms in total. The van der Waals surface area contributed by atoms with Crippen LogP contribution in [0.3, 0.4) is 0 Å². The molecule has 2 aromatic carbocycles. The first-order chi connectivity index (χ1) is 10.1. The third kappa shape index (κ3) is 3.48. The maximum Gasteiger partial charge on any atom is 0.122 e. The molecule has 0 saturated carbocycles. The van der Waals surface area contributed by atoms with Crippen LogP contribution in [0.1, 0.15) is 28.5 Å². The standard InChI is InChI=1S/C17H15Cl3O/c18-14-5-3-11(9-16(14)20)8-15(19)12-4-6-17-13(10-12)2-1-7-21-17/h3-6,9-10,15H,1-2,7-8H2. The zero-order chi connectivity index (χ0) is 14.8. The third-order valence-electron chi connectivity index (χ3n) is 3.69. The molecule has 0 N–H and O–H groups in total. The Labute approximate surface area is 139 Å². The quantitative estimate of drug-likeness (QED) is 0.637. The molecule has 1 unspecified atom stereocenters. The first-order valence-corrected chi connectivity index (χ1v) is 8.16. The number of ether oxygens (including phenoxy) is 1. The van der Waals surface area contributed by atoms with Crippen LogP contribution in [0.4, 0.5) is 0 Å². The van der Waals surface area contributed by atoms with Gasteiger partial charge in [-0.25, -0.2) is 0 Å². The van der Waals surface area contributed by atoms with Gasteiger partial charge in [0.2, 0.25) is 0 Å². The van der Waals surface area contributed by atoms with Crippen LogP contribution in [0.15, 0.2) is 36.4 Å². The molecule has 0 saturated heterocycles. The number of fused-ring (bicyclic) bond motifs is 1. The van der Waals surface area contributed by atoms with E-state index in [4.69, 9.17) is 39.5 Å². The topological polar surface area (TPSA) is 9.23 Å². The SMILES string of the molecule is Clc1ccc(CC(Cl)c2ccc3c(c2)CCCO3)cc1Cl. The predicted octanol–water partition coefficient (Wildman–Crippen LogP) is 5.84. The molecule has 1 atom stereocenters. The van der Waals surface area contributed by atoms with E-state index in [2.05, 4.69) is 6.07 Å². The highest BCUT2D eigenvalue weighted by atomic mass is 35.5.